The highest BCUT2D eigenvalue weighted by atomic mass is 35.5. The maximum atomic E-state index is 13.1. The van der Waals surface area contributed by atoms with Crippen molar-refractivity contribution < 1.29 is 9.18 Å². The van der Waals surface area contributed by atoms with Crippen molar-refractivity contribution in [2.45, 2.75) is 38.1 Å². The maximum Gasteiger partial charge on any atom is 0.253 e. The fraction of sp³-hybridized carbons (Fsp3) is 0.400. The smallest absolute Gasteiger partial charge is 0.253 e. The van der Waals surface area contributed by atoms with Crippen LogP contribution in [-0.2, 0) is 0 Å². The van der Waals surface area contributed by atoms with E-state index in [0.717, 1.165) is 25.7 Å². The lowest BCUT2D eigenvalue weighted by Gasteiger charge is -2.23. The zero-order valence-electron chi connectivity index (χ0n) is 10.7. The fourth-order valence-electron chi connectivity index (χ4n) is 2.38. The third-order valence-corrected chi connectivity index (χ3v) is 3.79. The molecule has 0 spiro atoms. The number of nitrogens with one attached hydrogen (secondary N) is 1. The Hall–Kier alpha value is -1.35. The average molecular weight is 282 g/mol. The molecule has 1 aliphatic rings. The van der Waals surface area contributed by atoms with Crippen LogP contribution in [0.5, 0.6) is 0 Å². The molecule has 0 aromatic heterocycles. The van der Waals surface area contributed by atoms with Crippen molar-refractivity contribution in [1.29, 1.82) is 0 Å². The van der Waals surface area contributed by atoms with E-state index in [1.807, 2.05) is 0 Å². The van der Waals surface area contributed by atoms with Crippen LogP contribution in [0.2, 0.25) is 5.02 Å². The van der Waals surface area contributed by atoms with Gasteiger partial charge < -0.3 is 5.32 Å². The molecule has 1 saturated carbocycles. The monoisotopic (exact) mass is 281 g/mol. The zero-order chi connectivity index (χ0) is 13.8. The Balaban J connectivity index is 2.13. The zero-order valence-corrected chi connectivity index (χ0v) is 11.5. The molecular weight excluding hydrogens is 265 g/mol. The van der Waals surface area contributed by atoms with Crippen LogP contribution in [0, 0.1) is 0 Å². The van der Waals surface area contributed by atoms with Crippen LogP contribution in [0.4, 0.5) is 4.39 Å². The van der Waals surface area contributed by atoms with E-state index in [-0.39, 0.29) is 17.5 Å². The second kappa shape index (κ2) is 6.20. The van der Waals surface area contributed by atoms with Gasteiger partial charge in [0.05, 0.1) is 10.6 Å². The molecule has 0 bridgehead atoms. The highest BCUT2D eigenvalue weighted by Gasteiger charge is 2.18. The Morgan fingerprint density at radius 1 is 1.32 bits per heavy atom. The molecule has 0 unspecified atom stereocenters. The van der Waals surface area contributed by atoms with Gasteiger partial charge in [0.1, 0.15) is 5.83 Å². The average Bonchev–Trinajstić information content (AvgIpc) is 2.40. The van der Waals surface area contributed by atoms with Gasteiger partial charge in [-0.3, -0.25) is 4.79 Å². The molecule has 1 amide bonds. The molecule has 1 N–H and O–H groups in total. The van der Waals surface area contributed by atoms with Gasteiger partial charge >= 0.3 is 0 Å². The molecule has 2 rings (SSSR count). The third-order valence-electron chi connectivity index (χ3n) is 3.46. The number of benzene rings is 1. The number of halogens is 2. The molecule has 0 atom stereocenters. The Morgan fingerprint density at radius 2 is 2.00 bits per heavy atom. The van der Waals surface area contributed by atoms with Crippen LogP contribution in [0.1, 0.15) is 48.0 Å². The van der Waals surface area contributed by atoms with Crippen molar-refractivity contribution >= 4 is 23.3 Å². The molecule has 0 aliphatic heterocycles. The fourth-order valence-corrected chi connectivity index (χ4v) is 2.58. The van der Waals surface area contributed by atoms with Gasteiger partial charge in [0.15, 0.2) is 0 Å². The Labute approximate surface area is 117 Å². The summed E-state index contributed by atoms with van der Waals surface area (Å²) in [5.41, 5.74) is 0.599. The van der Waals surface area contributed by atoms with Crippen LogP contribution in [0.25, 0.3) is 5.83 Å². The number of carbonyl (C=O) groups is 1. The molecular formula is C15H17ClFNO. The summed E-state index contributed by atoms with van der Waals surface area (Å²) in [5.74, 6) is -0.802. The highest BCUT2D eigenvalue weighted by molar-refractivity contribution is 6.33. The van der Waals surface area contributed by atoms with Gasteiger partial charge in [0.2, 0.25) is 0 Å². The SMILES string of the molecule is C=C(F)c1ccc(Cl)c(C(=O)NC2CCCCC2)c1. The van der Waals surface area contributed by atoms with Crippen LogP contribution in [-0.4, -0.2) is 11.9 Å². The van der Waals surface area contributed by atoms with Crippen molar-refractivity contribution in [3.05, 3.63) is 40.9 Å². The molecule has 0 radical (unpaired) electrons. The predicted molar refractivity (Wildman–Crippen MR) is 75.9 cm³/mol. The Kier molecular flexibility index (Phi) is 4.59. The minimum atomic E-state index is -0.566. The lowest BCUT2D eigenvalue weighted by atomic mass is 9.95. The van der Waals surface area contributed by atoms with Gasteiger partial charge in [0, 0.05) is 11.6 Å². The standard InChI is InChI=1S/C15H17ClFNO/c1-10(17)11-7-8-14(16)13(9-11)15(19)18-12-5-3-2-4-6-12/h7-9,12H,1-6H2,(H,18,19). The van der Waals surface area contributed by atoms with Crippen LogP contribution in [0.3, 0.4) is 0 Å². The van der Waals surface area contributed by atoms with Crippen molar-refractivity contribution in [3.63, 3.8) is 0 Å². The van der Waals surface area contributed by atoms with E-state index < -0.39 is 5.83 Å². The van der Waals surface area contributed by atoms with Crippen molar-refractivity contribution in [3.8, 4) is 0 Å². The van der Waals surface area contributed by atoms with Gasteiger partial charge in [-0.2, -0.15) is 0 Å². The van der Waals surface area contributed by atoms with Gasteiger partial charge in [-0.15, -0.1) is 0 Å². The van der Waals surface area contributed by atoms with E-state index in [0.29, 0.717) is 10.6 Å². The summed E-state index contributed by atoms with van der Waals surface area (Å²) in [5, 5.41) is 3.30. The van der Waals surface area contributed by atoms with E-state index in [1.54, 1.807) is 0 Å². The molecule has 0 heterocycles. The first-order valence-corrected chi connectivity index (χ1v) is 6.91. The summed E-state index contributed by atoms with van der Waals surface area (Å²) in [4.78, 5) is 12.2. The first-order chi connectivity index (χ1) is 9.08. The molecule has 0 saturated heterocycles. The second-order valence-electron chi connectivity index (χ2n) is 4.91. The van der Waals surface area contributed by atoms with Crippen molar-refractivity contribution in [1.82, 2.24) is 5.32 Å². The van der Waals surface area contributed by atoms with E-state index in [1.165, 1.54) is 24.6 Å². The Bertz CT molecular complexity index is 495. The minimum Gasteiger partial charge on any atom is -0.349 e. The summed E-state index contributed by atoms with van der Waals surface area (Å²) < 4.78 is 13.1. The van der Waals surface area contributed by atoms with E-state index >= 15 is 0 Å². The minimum absolute atomic E-state index is 0.203. The van der Waals surface area contributed by atoms with Gasteiger partial charge in [0.25, 0.3) is 5.91 Å². The van der Waals surface area contributed by atoms with Crippen molar-refractivity contribution in [2.75, 3.05) is 0 Å². The second-order valence-corrected chi connectivity index (χ2v) is 5.32. The molecule has 1 aromatic rings. The number of rotatable bonds is 3. The summed E-state index contributed by atoms with van der Waals surface area (Å²) >= 11 is 6.00. The largest absolute Gasteiger partial charge is 0.349 e. The molecule has 102 valence electrons. The molecule has 1 aromatic carbocycles. The van der Waals surface area contributed by atoms with Crippen LogP contribution >= 0.6 is 11.6 Å². The topological polar surface area (TPSA) is 29.1 Å². The summed E-state index contributed by atoms with van der Waals surface area (Å²) in [6, 6.07) is 4.69. The van der Waals surface area contributed by atoms with Gasteiger partial charge in [-0.05, 0) is 25.0 Å². The number of carbonyl (C=O) groups excluding carboxylic acids is 1. The first kappa shape index (κ1) is 14.1. The van der Waals surface area contributed by atoms with E-state index in [4.69, 9.17) is 11.6 Å². The third kappa shape index (κ3) is 3.57. The predicted octanol–water partition coefficient (Wildman–Crippen LogP) is 4.34. The molecule has 1 fully saturated rings. The maximum absolute atomic E-state index is 13.1. The van der Waals surface area contributed by atoms with E-state index in [9.17, 15) is 9.18 Å². The van der Waals surface area contributed by atoms with E-state index in [2.05, 4.69) is 11.9 Å². The first-order valence-electron chi connectivity index (χ1n) is 6.53. The lowest BCUT2D eigenvalue weighted by molar-refractivity contribution is 0.0928. The number of hydrogen-bond acceptors (Lipinski definition) is 1. The van der Waals surface area contributed by atoms with Crippen LogP contribution in [0.15, 0.2) is 24.8 Å². The summed E-state index contributed by atoms with van der Waals surface area (Å²) in [6.45, 7) is 3.23. The van der Waals surface area contributed by atoms with Gasteiger partial charge in [-0.25, -0.2) is 4.39 Å². The normalized spacial score (nSPS) is 16.1. The Morgan fingerprint density at radius 3 is 2.63 bits per heavy atom. The quantitative estimate of drug-likeness (QED) is 0.877. The summed E-state index contributed by atoms with van der Waals surface area (Å²) in [7, 11) is 0. The number of amides is 1. The number of hydrogen-bond donors (Lipinski definition) is 1. The summed E-state index contributed by atoms with van der Waals surface area (Å²) in [6.07, 6.45) is 5.50. The lowest BCUT2D eigenvalue weighted by Crippen LogP contribution is -2.36. The molecule has 4 heteroatoms. The van der Waals surface area contributed by atoms with Crippen molar-refractivity contribution in [2.24, 2.45) is 0 Å². The van der Waals surface area contributed by atoms with Gasteiger partial charge in [-0.1, -0.05) is 43.5 Å². The van der Waals surface area contributed by atoms with Crippen LogP contribution < -0.4 is 5.32 Å². The molecule has 1 aliphatic carbocycles. The molecule has 2 nitrogen and oxygen atoms in total. The molecule has 19 heavy (non-hydrogen) atoms. The highest BCUT2D eigenvalue weighted by Crippen LogP contribution is 2.23.